The number of allylic oxidation sites excluding steroid dienone is 2. The Morgan fingerprint density at radius 3 is 2.59 bits per heavy atom. The number of carbonyl (C=O) groups excluding carboxylic acids is 1. The van der Waals surface area contributed by atoms with Crippen LogP contribution in [0.4, 0.5) is 20.8 Å². The van der Waals surface area contributed by atoms with Gasteiger partial charge < -0.3 is 20.3 Å². The molecule has 0 radical (unpaired) electrons. The number of benzene rings is 1. The molecule has 10 nitrogen and oxygen atoms in total. The summed E-state index contributed by atoms with van der Waals surface area (Å²) in [6, 6.07) is 4.02. The SMILES string of the molecule is C=C(/C(=C\N(C)C(C)C)c1ccnc(NC[C@H](C)NC(=O)OC)n1)c1cc(Cl)cc(NS(C)(=O)=O)c1F. The number of alkyl carbamates (subject to hydrolysis) is 1. The van der Waals surface area contributed by atoms with Crippen molar-refractivity contribution < 1.29 is 22.3 Å². The van der Waals surface area contributed by atoms with Gasteiger partial charge in [-0.05, 0) is 44.5 Å². The van der Waals surface area contributed by atoms with Crippen molar-refractivity contribution in [1.29, 1.82) is 0 Å². The topological polar surface area (TPSA) is 126 Å². The van der Waals surface area contributed by atoms with E-state index in [1.807, 2.05) is 25.8 Å². The summed E-state index contributed by atoms with van der Waals surface area (Å²) in [5, 5.41) is 5.80. The first kappa shape index (κ1) is 29.8. The first-order valence-corrected chi connectivity index (χ1v) is 13.5. The van der Waals surface area contributed by atoms with E-state index in [2.05, 4.69) is 36.6 Å². The van der Waals surface area contributed by atoms with Gasteiger partial charge in [-0.3, -0.25) is 4.72 Å². The van der Waals surface area contributed by atoms with E-state index in [1.54, 1.807) is 19.2 Å². The zero-order valence-corrected chi connectivity index (χ0v) is 23.2. The van der Waals surface area contributed by atoms with Gasteiger partial charge >= 0.3 is 6.09 Å². The molecule has 13 heteroatoms. The maximum absolute atomic E-state index is 15.5. The third kappa shape index (κ3) is 8.90. The summed E-state index contributed by atoms with van der Waals surface area (Å²) in [7, 11) is -0.626. The third-order valence-corrected chi connectivity index (χ3v) is 5.99. The minimum Gasteiger partial charge on any atom is -0.453 e. The van der Waals surface area contributed by atoms with Crippen LogP contribution in [0.15, 0.2) is 37.2 Å². The van der Waals surface area contributed by atoms with Gasteiger partial charge in [0.1, 0.15) is 0 Å². The lowest BCUT2D eigenvalue weighted by atomic mass is 9.96. The molecule has 37 heavy (non-hydrogen) atoms. The molecule has 2 aromatic rings. The fourth-order valence-electron chi connectivity index (χ4n) is 3.03. The van der Waals surface area contributed by atoms with Crippen molar-refractivity contribution in [2.45, 2.75) is 32.9 Å². The van der Waals surface area contributed by atoms with Gasteiger partial charge in [-0.2, -0.15) is 0 Å². The minimum atomic E-state index is -3.75. The van der Waals surface area contributed by atoms with Crippen molar-refractivity contribution in [2.75, 3.05) is 37.0 Å². The summed E-state index contributed by atoms with van der Waals surface area (Å²) < 4.78 is 45.6. The maximum Gasteiger partial charge on any atom is 0.407 e. The monoisotopic (exact) mass is 554 g/mol. The number of carbonyl (C=O) groups is 1. The van der Waals surface area contributed by atoms with Gasteiger partial charge in [0.05, 0.1) is 24.7 Å². The molecule has 0 fully saturated rings. The normalized spacial score (nSPS) is 12.6. The quantitative estimate of drug-likeness (QED) is 0.353. The van der Waals surface area contributed by atoms with E-state index in [9.17, 15) is 13.2 Å². The van der Waals surface area contributed by atoms with E-state index in [1.165, 1.54) is 25.4 Å². The van der Waals surface area contributed by atoms with Crippen LogP contribution in [-0.4, -0.2) is 68.4 Å². The maximum atomic E-state index is 15.5. The number of hydrogen-bond donors (Lipinski definition) is 3. The number of methoxy groups -OCH3 is 1. The van der Waals surface area contributed by atoms with Gasteiger partial charge in [-0.1, -0.05) is 18.2 Å². The van der Waals surface area contributed by atoms with Gasteiger partial charge in [-0.25, -0.2) is 27.6 Å². The lowest BCUT2D eigenvalue weighted by molar-refractivity contribution is 0.168. The molecule has 1 heterocycles. The summed E-state index contributed by atoms with van der Waals surface area (Å²) in [5.74, 6) is -0.555. The molecule has 0 aliphatic rings. The summed E-state index contributed by atoms with van der Waals surface area (Å²) >= 11 is 6.20. The van der Waals surface area contributed by atoms with Crippen LogP contribution in [-0.2, 0) is 14.8 Å². The number of anilines is 2. The number of aromatic nitrogens is 2. The predicted octanol–water partition coefficient (Wildman–Crippen LogP) is 4.19. The first-order valence-electron chi connectivity index (χ1n) is 11.2. The summed E-state index contributed by atoms with van der Waals surface area (Å²) in [5.41, 5.74) is 0.842. The van der Waals surface area contributed by atoms with Gasteiger partial charge in [0.25, 0.3) is 0 Å². The van der Waals surface area contributed by atoms with Gasteiger partial charge in [0.2, 0.25) is 16.0 Å². The second-order valence-corrected chi connectivity index (χ2v) is 10.8. The molecular formula is C24H32ClFN6O4S. The molecule has 3 N–H and O–H groups in total. The Bertz CT molecular complexity index is 1290. The molecule has 0 bridgehead atoms. The second kappa shape index (κ2) is 12.7. The Morgan fingerprint density at radius 1 is 1.32 bits per heavy atom. The summed E-state index contributed by atoms with van der Waals surface area (Å²) in [6.07, 6.45) is 3.66. The zero-order chi connectivity index (χ0) is 27.9. The van der Waals surface area contributed by atoms with E-state index in [-0.39, 0.29) is 39.9 Å². The molecule has 1 amide bonds. The Kier molecular flexibility index (Phi) is 10.3. The van der Waals surface area contributed by atoms with E-state index in [0.29, 0.717) is 17.8 Å². The molecule has 0 saturated heterocycles. The van der Waals surface area contributed by atoms with E-state index >= 15 is 4.39 Å². The zero-order valence-electron chi connectivity index (χ0n) is 21.6. The molecular weight excluding hydrogens is 523 g/mol. The molecule has 0 saturated carbocycles. The molecule has 202 valence electrons. The number of sulfonamides is 1. The standard InChI is InChI=1S/C24H32ClFN6O4S/c1-14(2)32(5)13-19(16(4)18-10-17(25)11-21(22(18)26)31-37(7,34)35)20-8-9-27-23(30-20)28-12-15(3)29-24(33)36-6/h8-11,13-15,31H,4,12H2,1-3,5-7H3,(H,29,33)(H,27,28,30)/b19-13+/t15-/m0/s1. The minimum absolute atomic E-state index is 0.00563. The highest BCUT2D eigenvalue weighted by molar-refractivity contribution is 7.92. The average molecular weight is 555 g/mol. The van der Waals surface area contributed by atoms with Crippen LogP contribution in [0.25, 0.3) is 11.1 Å². The highest BCUT2D eigenvalue weighted by Gasteiger charge is 2.20. The van der Waals surface area contributed by atoms with Gasteiger partial charge in [0.15, 0.2) is 5.82 Å². The number of rotatable bonds is 11. The van der Waals surface area contributed by atoms with Crippen LogP contribution in [0.3, 0.4) is 0 Å². The molecule has 0 aliphatic heterocycles. The smallest absolute Gasteiger partial charge is 0.407 e. The van der Waals surface area contributed by atoms with Crippen molar-refractivity contribution in [3.8, 4) is 0 Å². The van der Waals surface area contributed by atoms with Gasteiger partial charge in [0, 0.05) is 54.2 Å². The van der Waals surface area contributed by atoms with Crippen LogP contribution in [0.1, 0.15) is 32.0 Å². The third-order valence-electron chi connectivity index (χ3n) is 5.18. The summed E-state index contributed by atoms with van der Waals surface area (Å²) in [4.78, 5) is 22.1. The Hall–Kier alpha value is -3.38. The van der Waals surface area contributed by atoms with Crippen molar-refractivity contribution in [1.82, 2.24) is 20.2 Å². The number of ether oxygens (including phenoxy) is 1. The van der Waals surface area contributed by atoms with E-state index in [0.717, 1.165) is 6.26 Å². The first-order chi connectivity index (χ1) is 17.2. The molecule has 0 aliphatic carbocycles. The average Bonchev–Trinajstić information content (AvgIpc) is 2.81. The van der Waals surface area contributed by atoms with Gasteiger partial charge in [-0.15, -0.1) is 0 Å². The van der Waals surface area contributed by atoms with Crippen LogP contribution in [0.5, 0.6) is 0 Å². The van der Waals surface area contributed by atoms with Crippen LogP contribution < -0.4 is 15.4 Å². The Balaban J connectivity index is 2.49. The second-order valence-electron chi connectivity index (χ2n) is 8.65. The molecule has 1 aromatic heterocycles. The number of amides is 1. The van der Waals surface area contributed by atoms with Crippen molar-refractivity contribution in [2.24, 2.45) is 0 Å². The van der Waals surface area contributed by atoms with Crippen molar-refractivity contribution in [3.05, 3.63) is 59.3 Å². The van der Waals surface area contributed by atoms with E-state index in [4.69, 9.17) is 11.6 Å². The van der Waals surface area contributed by atoms with Crippen LogP contribution >= 0.6 is 11.6 Å². The number of halogens is 2. The van der Waals surface area contributed by atoms with Crippen LogP contribution in [0, 0.1) is 5.82 Å². The number of nitrogens with zero attached hydrogens (tertiary/aromatic N) is 3. The highest BCUT2D eigenvalue weighted by atomic mass is 35.5. The number of nitrogens with one attached hydrogen (secondary N) is 3. The lowest BCUT2D eigenvalue weighted by Crippen LogP contribution is -2.37. The summed E-state index contributed by atoms with van der Waals surface area (Å²) in [6.45, 7) is 10.1. The molecule has 0 spiro atoms. The predicted molar refractivity (Wildman–Crippen MR) is 145 cm³/mol. The fraction of sp³-hybridized carbons (Fsp3) is 0.375. The largest absolute Gasteiger partial charge is 0.453 e. The highest BCUT2D eigenvalue weighted by Crippen LogP contribution is 2.35. The molecule has 1 atom stereocenters. The Morgan fingerprint density at radius 2 is 2.00 bits per heavy atom. The molecule has 1 aromatic carbocycles. The molecule has 2 rings (SSSR count). The number of hydrogen-bond acceptors (Lipinski definition) is 8. The van der Waals surface area contributed by atoms with Crippen LogP contribution in [0.2, 0.25) is 5.02 Å². The van der Waals surface area contributed by atoms with Crippen molar-refractivity contribution >= 4 is 50.5 Å². The Labute approximate surface area is 222 Å². The van der Waals surface area contributed by atoms with Crippen molar-refractivity contribution in [3.63, 3.8) is 0 Å². The fourth-order valence-corrected chi connectivity index (χ4v) is 3.79. The lowest BCUT2D eigenvalue weighted by Gasteiger charge is -2.23. The van der Waals surface area contributed by atoms with E-state index < -0.39 is 21.9 Å². The molecule has 0 unspecified atom stereocenters.